The summed E-state index contributed by atoms with van der Waals surface area (Å²) in [5.41, 5.74) is 1.00. The van der Waals surface area contributed by atoms with Crippen molar-refractivity contribution in [2.45, 2.75) is 6.67 Å². The third-order valence-electron chi connectivity index (χ3n) is 3.05. The van der Waals surface area contributed by atoms with E-state index in [0.717, 1.165) is 38.5 Å². The summed E-state index contributed by atoms with van der Waals surface area (Å²) in [4.78, 5) is 3.10. The number of rotatable bonds is 3. The Balaban J connectivity index is 1.69. The Hall–Kier alpha value is -1.79. The van der Waals surface area contributed by atoms with Crippen molar-refractivity contribution in [1.29, 1.82) is 0 Å². The fraction of sp³-hybridized carbons (Fsp3) is 0.417. The van der Waals surface area contributed by atoms with Crippen molar-refractivity contribution in [3.8, 4) is 11.4 Å². The minimum atomic E-state index is 0.684. The zero-order valence-electron chi connectivity index (χ0n) is 10.1. The Labute approximate surface area is 105 Å². The van der Waals surface area contributed by atoms with Crippen molar-refractivity contribution in [3.63, 3.8) is 0 Å². The van der Waals surface area contributed by atoms with Gasteiger partial charge >= 0.3 is 0 Å². The lowest BCUT2D eigenvalue weighted by Crippen LogP contribution is -3.13. The molecule has 94 valence electrons. The van der Waals surface area contributed by atoms with Gasteiger partial charge in [0.05, 0.1) is 13.2 Å². The average molecular weight is 246 g/mol. The molecule has 0 bridgehead atoms. The Bertz CT molecular complexity index is 492. The van der Waals surface area contributed by atoms with Gasteiger partial charge in [0.2, 0.25) is 5.82 Å². The van der Waals surface area contributed by atoms with Gasteiger partial charge in [0.15, 0.2) is 6.67 Å². The molecule has 0 aliphatic carbocycles. The van der Waals surface area contributed by atoms with Crippen LogP contribution in [0.4, 0.5) is 0 Å². The molecule has 3 rings (SSSR count). The minimum absolute atomic E-state index is 0.684. The van der Waals surface area contributed by atoms with E-state index < -0.39 is 0 Å². The van der Waals surface area contributed by atoms with Crippen LogP contribution < -0.4 is 4.90 Å². The largest absolute Gasteiger partial charge is 0.370 e. The monoisotopic (exact) mass is 246 g/mol. The lowest BCUT2D eigenvalue weighted by molar-refractivity contribution is -0.931. The first kappa shape index (κ1) is 11.3. The summed E-state index contributed by atoms with van der Waals surface area (Å²) < 4.78 is 5.33. The molecular weight excluding hydrogens is 230 g/mol. The summed E-state index contributed by atoms with van der Waals surface area (Å²) in [6, 6.07) is 9.91. The molecule has 6 nitrogen and oxygen atoms in total. The van der Waals surface area contributed by atoms with Gasteiger partial charge in [0.1, 0.15) is 13.1 Å². The predicted molar refractivity (Wildman–Crippen MR) is 64.8 cm³/mol. The van der Waals surface area contributed by atoms with Crippen LogP contribution in [0.25, 0.3) is 11.4 Å². The number of aromatic nitrogens is 4. The highest BCUT2D eigenvalue weighted by atomic mass is 16.5. The molecule has 18 heavy (non-hydrogen) atoms. The van der Waals surface area contributed by atoms with Crippen LogP contribution in [-0.2, 0) is 11.4 Å². The molecule has 2 heterocycles. The van der Waals surface area contributed by atoms with Crippen LogP contribution in [0.15, 0.2) is 30.3 Å². The molecule has 1 aliphatic rings. The van der Waals surface area contributed by atoms with E-state index >= 15 is 0 Å². The number of nitrogens with zero attached hydrogens (tertiary/aromatic N) is 4. The number of hydrogen-bond acceptors (Lipinski definition) is 4. The molecule has 1 fully saturated rings. The fourth-order valence-corrected chi connectivity index (χ4v) is 2.03. The summed E-state index contributed by atoms with van der Waals surface area (Å²) in [6.07, 6.45) is 0. The van der Waals surface area contributed by atoms with Gasteiger partial charge in [-0.2, -0.15) is 0 Å². The van der Waals surface area contributed by atoms with Gasteiger partial charge in [0, 0.05) is 5.56 Å². The zero-order chi connectivity index (χ0) is 12.2. The van der Waals surface area contributed by atoms with Gasteiger partial charge in [-0.25, -0.2) is 0 Å². The second-order valence-electron chi connectivity index (χ2n) is 4.37. The van der Waals surface area contributed by atoms with Crippen LogP contribution in [0, 0.1) is 0 Å². The van der Waals surface area contributed by atoms with E-state index in [1.807, 2.05) is 30.3 Å². The molecule has 0 radical (unpaired) electrons. The van der Waals surface area contributed by atoms with Crippen LogP contribution in [0.5, 0.6) is 0 Å². The number of nitrogens with one attached hydrogen (secondary N) is 1. The van der Waals surface area contributed by atoms with E-state index in [0.29, 0.717) is 5.82 Å². The third kappa shape index (κ3) is 2.55. The first-order valence-corrected chi connectivity index (χ1v) is 6.16. The van der Waals surface area contributed by atoms with Crippen molar-refractivity contribution in [2.24, 2.45) is 0 Å². The standard InChI is InChI=1S/C12H15N5O/c1-2-4-11(5-3-1)12-13-15-17(14-12)10-16-6-8-18-9-7-16/h1-5H,6-10H2/p+1. The van der Waals surface area contributed by atoms with E-state index in [9.17, 15) is 0 Å². The maximum Gasteiger partial charge on any atom is 0.205 e. The Morgan fingerprint density at radius 3 is 2.72 bits per heavy atom. The maximum atomic E-state index is 5.33. The molecule has 1 aromatic heterocycles. The molecule has 0 atom stereocenters. The zero-order valence-corrected chi connectivity index (χ0v) is 10.1. The summed E-state index contributed by atoms with van der Waals surface area (Å²) in [7, 11) is 0. The number of tetrazole rings is 1. The quantitative estimate of drug-likeness (QED) is 0.771. The molecule has 1 N–H and O–H groups in total. The molecule has 6 heteroatoms. The third-order valence-corrected chi connectivity index (χ3v) is 3.05. The number of quaternary nitrogens is 1. The summed E-state index contributed by atoms with van der Waals surface area (Å²) >= 11 is 0. The Kier molecular flexibility index (Phi) is 3.29. The summed E-state index contributed by atoms with van der Waals surface area (Å²) in [5.74, 6) is 0.684. The number of hydrogen-bond donors (Lipinski definition) is 1. The normalized spacial score (nSPS) is 16.9. The number of ether oxygens (including phenoxy) is 1. The van der Waals surface area contributed by atoms with Crippen molar-refractivity contribution >= 4 is 0 Å². The first-order valence-electron chi connectivity index (χ1n) is 6.16. The number of morpholine rings is 1. The molecule has 1 aromatic carbocycles. The molecular formula is C12H16N5O+. The van der Waals surface area contributed by atoms with Crippen LogP contribution in [0.2, 0.25) is 0 Å². The van der Waals surface area contributed by atoms with Crippen LogP contribution in [0.1, 0.15) is 0 Å². The molecule has 0 saturated carbocycles. The smallest absolute Gasteiger partial charge is 0.205 e. The van der Waals surface area contributed by atoms with Crippen molar-refractivity contribution in [3.05, 3.63) is 30.3 Å². The van der Waals surface area contributed by atoms with Crippen molar-refractivity contribution in [1.82, 2.24) is 20.2 Å². The van der Waals surface area contributed by atoms with Crippen LogP contribution in [-0.4, -0.2) is 46.5 Å². The highest BCUT2D eigenvalue weighted by molar-refractivity contribution is 5.52. The second-order valence-corrected chi connectivity index (χ2v) is 4.37. The van der Waals surface area contributed by atoms with E-state index in [4.69, 9.17) is 4.74 Å². The number of benzene rings is 1. The van der Waals surface area contributed by atoms with Crippen molar-refractivity contribution < 1.29 is 9.64 Å². The summed E-state index contributed by atoms with van der Waals surface area (Å²) in [6.45, 7) is 4.39. The van der Waals surface area contributed by atoms with Crippen LogP contribution >= 0.6 is 0 Å². The average Bonchev–Trinajstić information content (AvgIpc) is 2.89. The summed E-state index contributed by atoms with van der Waals surface area (Å²) in [5, 5.41) is 12.6. The van der Waals surface area contributed by atoms with E-state index in [1.54, 1.807) is 4.80 Å². The molecule has 0 unspecified atom stereocenters. The SMILES string of the molecule is c1ccc(-c2nnn(C[NH+]3CCOCC3)n2)cc1. The molecule has 0 amide bonds. The molecule has 2 aromatic rings. The van der Waals surface area contributed by atoms with E-state index in [2.05, 4.69) is 15.4 Å². The first-order chi connectivity index (χ1) is 8.92. The van der Waals surface area contributed by atoms with Gasteiger partial charge in [-0.15, -0.1) is 15.0 Å². The highest BCUT2D eigenvalue weighted by Crippen LogP contribution is 2.11. The fourth-order valence-electron chi connectivity index (χ4n) is 2.03. The topological polar surface area (TPSA) is 57.3 Å². The second kappa shape index (κ2) is 5.24. The van der Waals surface area contributed by atoms with Gasteiger partial charge in [-0.3, -0.25) is 0 Å². The molecule has 1 saturated heterocycles. The van der Waals surface area contributed by atoms with Gasteiger partial charge in [-0.1, -0.05) is 30.3 Å². The van der Waals surface area contributed by atoms with Crippen LogP contribution in [0.3, 0.4) is 0 Å². The lowest BCUT2D eigenvalue weighted by Gasteiger charge is -2.22. The Morgan fingerprint density at radius 2 is 1.94 bits per heavy atom. The molecule has 0 spiro atoms. The highest BCUT2D eigenvalue weighted by Gasteiger charge is 2.15. The lowest BCUT2D eigenvalue weighted by atomic mass is 10.2. The van der Waals surface area contributed by atoms with Gasteiger partial charge < -0.3 is 9.64 Å². The van der Waals surface area contributed by atoms with Gasteiger partial charge in [-0.05, 0) is 5.21 Å². The predicted octanol–water partition coefficient (Wildman–Crippen LogP) is -0.787. The van der Waals surface area contributed by atoms with E-state index in [-0.39, 0.29) is 0 Å². The van der Waals surface area contributed by atoms with Gasteiger partial charge in [0.25, 0.3) is 0 Å². The minimum Gasteiger partial charge on any atom is -0.370 e. The maximum absolute atomic E-state index is 5.33. The molecule has 1 aliphatic heterocycles. The van der Waals surface area contributed by atoms with E-state index in [1.165, 1.54) is 4.90 Å². The Morgan fingerprint density at radius 1 is 1.17 bits per heavy atom. The van der Waals surface area contributed by atoms with Crippen molar-refractivity contribution in [2.75, 3.05) is 26.3 Å².